The number of hydrogen-bond acceptors (Lipinski definition) is 7. The van der Waals surface area contributed by atoms with E-state index < -0.39 is 11.9 Å². The minimum Gasteiger partial charge on any atom is -0.545 e. The molecule has 126 valence electrons. The second-order valence-corrected chi connectivity index (χ2v) is 6.00. The summed E-state index contributed by atoms with van der Waals surface area (Å²) >= 11 is 1.40. The molecule has 1 aromatic heterocycles. The van der Waals surface area contributed by atoms with Gasteiger partial charge in [0, 0.05) is 11.3 Å². The first kappa shape index (κ1) is 16.7. The fourth-order valence-corrected chi connectivity index (χ4v) is 2.93. The molecule has 0 fully saturated rings. The summed E-state index contributed by atoms with van der Waals surface area (Å²) in [5.41, 5.74) is 7.38. The molecule has 25 heavy (non-hydrogen) atoms. The van der Waals surface area contributed by atoms with Gasteiger partial charge < -0.3 is 15.6 Å². The number of amides is 1. The van der Waals surface area contributed by atoms with Crippen molar-refractivity contribution in [2.24, 2.45) is 5.73 Å². The molecule has 2 N–H and O–H groups in total. The van der Waals surface area contributed by atoms with Crippen molar-refractivity contribution in [1.29, 1.82) is 0 Å². The van der Waals surface area contributed by atoms with E-state index in [9.17, 15) is 14.7 Å². The minimum atomic E-state index is -1.21. The van der Waals surface area contributed by atoms with Gasteiger partial charge in [-0.15, -0.1) is 5.10 Å². The predicted octanol–water partition coefficient (Wildman–Crippen LogP) is 0.417. The largest absolute Gasteiger partial charge is 0.545 e. The quantitative estimate of drug-likeness (QED) is 0.635. The molecule has 1 heterocycles. The summed E-state index contributed by atoms with van der Waals surface area (Å²) in [5, 5.41) is 22.9. The number of aromatic carboxylic acids is 1. The first-order valence-corrected chi connectivity index (χ1v) is 8.15. The molecule has 0 radical (unpaired) electrons. The number of carbonyl (C=O) groups is 2. The Hall–Kier alpha value is -3.20. The molecule has 0 aliphatic heterocycles. The molecular formula is C16H12N5O3S-. The first-order valence-electron chi connectivity index (χ1n) is 7.16. The highest BCUT2D eigenvalue weighted by Crippen LogP contribution is 2.22. The van der Waals surface area contributed by atoms with Gasteiger partial charge in [-0.1, -0.05) is 36.0 Å². The van der Waals surface area contributed by atoms with E-state index in [2.05, 4.69) is 15.5 Å². The highest BCUT2D eigenvalue weighted by Gasteiger charge is 2.10. The van der Waals surface area contributed by atoms with Crippen molar-refractivity contribution in [3.05, 3.63) is 65.2 Å². The van der Waals surface area contributed by atoms with Crippen LogP contribution in [0.2, 0.25) is 0 Å². The smallest absolute Gasteiger partial charge is 0.248 e. The normalized spacial score (nSPS) is 10.6. The van der Waals surface area contributed by atoms with Crippen LogP contribution in [0, 0.1) is 0 Å². The third kappa shape index (κ3) is 3.83. The van der Waals surface area contributed by atoms with Crippen LogP contribution in [-0.4, -0.2) is 32.1 Å². The lowest BCUT2D eigenvalue weighted by Crippen LogP contribution is -2.21. The molecule has 2 aromatic carbocycles. The van der Waals surface area contributed by atoms with Gasteiger partial charge in [0.1, 0.15) is 0 Å². The van der Waals surface area contributed by atoms with E-state index in [1.165, 1.54) is 23.9 Å². The van der Waals surface area contributed by atoms with Gasteiger partial charge in [0.05, 0.1) is 11.7 Å². The van der Waals surface area contributed by atoms with Gasteiger partial charge in [-0.3, -0.25) is 4.79 Å². The molecule has 1 amide bonds. The fraction of sp³-hybridized carbons (Fsp3) is 0.0625. The Morgan fingerprint density at radius 1 is 1.04 bits per heavy atom. The number of carboxylic acid groups (broad SMARTS) is 1. The lowest BCUT2D eigenvalue weighted by atomic mass is 10.1. The van der Waals surface area contributed by atoms with Crippen molar-refractivity contribution in [2.45, 2.75) is 10.9 Å². The Bertz CT molecular complexity index is 906. The summed E-state index contributed by atoms with van der Waals surface area (Å²) in [6.45, 7) is 0. The number of nitrogens with two attached hydrogens (primary N) is 1. The van der Waals surface area contributed by atoms with Crippen LogP contribution < -0.4 is 10.8 Å². The van der Waals surface area contributed by atoms with Crippen LogP contribution in [0.15, 0.2) is 53.7 Å². The lowest BCUT2D eigenvalue weighted by Gasteiger charge is -2.06. The number of rotatable bonds is 6. The monoisotopic (exact) mass is 354 g/mol. The highest BCUT2D eigenvalue weighted by molar-refractivity contribution is 7.98. The van der Waals surface area contributed by atoms with Crippen LogP contribution in [0.3, 0.4) is 0 Å². The van der Waals surface area contributed by atoms with Crippen LogP contribution in [0.4, 0.5) is 0 Å². The van der Waals surface area contributed by atoms with Crippen LogP contribution in [0.5, 0.6) is 0 Å². The van der Waals surface area contributed by atoms with Gasteiger partial charge in [-0.05, 0) is 45.8 Å². The van der Waals surface area contributed by atoms with E-state index in [-0.39, 0.29) is 5.56 Å². The molecule has 3 rings (SSSR count). The lowest BCUT2D eigenvalue weighted by molar-refractivity contribution is -0.255. The van der Waals surface area contributed by atoms with Crippen molar-refractivity contribution in [3.63, 3.8) is 0 Å². The van der Waals surface area contributed by atoms with Crippen LogP contribution in [0.1, 0.15) is 26.3 Å². The first-order chi connectivity index (χ1) is 12.0. The molecule has 0 aliphatic carbocycles. The second-order valence-electron chi connectivity index (χ2n) is 5.06. The molecule has 0 unspecified atom stereocenters. The van der Waals surface area contributed by atoms with Gasteiger partial charge in [0.15, 0.2) is 0 Å². The standard InChI is InChI=1S/C16H13N5O3S/c17-14(22)11-5-7-13(8-6-11)21-16(18-19-20-21)25-9-10-1-3-12(4-2-10)15(23)24/h1-8H,9H2,(H2,17,22)(H,23,24)/p-1. The SMILES string of the molecule is NC(=O)c1ccc(-n2nnnc2SCc2ccc(C(=O)[O-])cc2)cc1. The molecule has 0 aliphatic rings. The molecule has 8 nitrogen and oxygen atoms in total. The number of thioether (sulfide) groups is 1. The molecule has 0 bridgehead atoms. The average molecular weight is 354 g/mol. The van der Waals surface area contributed by atoms with Crippen molar-refractivity contribution in [1.82, 2.24) is 20.2 Å². The van der Waals surface area contributed by atoms with E-state index in [4.69, 9.17) is 5.73 Å². The number of carboxylic acids is 1. The number of carbonyl (C=O) groups excluding carboxylic acids is 2. The maximum atomic E-state index is 11.1. The highest BCUT2D eigenvalue weighted by atomic mass is 32.2. The summed E-state index contributed by atoms with van der Waals surface area (Å²) < 4.78 is 1.55. The second kappa shape index (κ2) is 7.14. The third-order valence-corrected chi connectivity index (χ3v) is 4.39. The molecule has 3 aromatic rings. The molecule has 0 spiro atoms. The Kier molecular flexibility index (Phi) is 4.75. The van der Waals surface area contributed by atoms with E-state index in [1.807, 2.05) is 0 Å². The number of primary amides is 1. The fourth-order valence-electron chi connectivity index (χ4n) is 2.08. The zero-order chi connectivity index (χ0) is 17.8. The molecule has 0 saturated carbocycles. The van der Waals surface area contributed by atoms with Gasteiger partial charge in [0.2, 0.25) is 11.1 Å². The molecule has 0 saturated heterocycles. The van der Waals surface area contributed by atoms with Crippen LogP contribution in [-0.2, 0) is 5.75 Å². The number of tetrazole rings is 1. The predicted molar refractivity (Wildman–Crippen MR) is 88.0 cm³/mol. The summed E-state index contributed by atoms with van der Waals surface area (Å²) in [7, 11) is 0. The third-order valence-electron chi connectivity index (χ3n) is 3.39. The van der Waals surface area contributed by atoms with E-state index in [0.717, 1.165) is 5.56 Å². The summed E-state index contributed by atoms with van der Waals surface area (Å²) in [5.74, 6) is -1.15. The number of benzene rings is 2. The van der Waals surface area contributed by atoms with Crippen molar-refractivity contribution >= 4 is 23.6 Å². The zero-order valence-electron chi connectivity index (χ0n) is 12.8. The van der Waals surface area contributed by atoms with Gasteiger partial charge in [-0.2, -0.15) is 4.68 Å². The molecular weight excluding hydrogens is 342 g/mol. The molecule has 0 atom stereocenters. The molecule has 9 heteroatoms. The topological polar surface area (TPSA) is 127 Å². The number of hydrogen-bond donors (Lipinski definition) is 1. The van der Waals surface area contributed by atoms with Gasteiger partial charge in [0.25, 0.3) is 0 Å². The van der Waals surface area contributed by atoms with Crippen molar-refractivity contribution in [2.75, 3.05) is 0 Å². The summed E-state index contributed by atoms with van der Waals surface area (Å²) in [6, 6.07) is 13.0. The Labute approximate surface area is 146 Å². The summed E-state index contributed by atoms with van der Waals surface area (Å²) in [4.78, 5) is 21.9. The van der Waals surface area contributed by atoms with E-state index in [1.54, 1.807) is 41.1 Å². The zero-order valence-corrected chi connectivity index (χ0v) is 13.6. The average Bonchev–Trinajstić information content (AvgIpc) is 3.09. The van der Waals surface area contributed by atoms with E-state index in [0.29, 0.717) is 22.2 Å². The van der Waals surface area contributed by atoms with Gasteiger partial charge in [-0.25, -0.2) is 0 Å². The Balaban J connectivity index is 1.73. The maximum Gasteiger partial charge on any atom is 0.248 e. The Morgan fingerprint density at radius 2 is 1.68 bits per heavy atom. The number of aromatic nitrogens is 4. The minimum absolute atomic E-state index is 0.133. The Morgan fingerprint density at radius 3 is 2.28 bits per heavy atom. The van der Waals surface area contributed by atoms with Crippen molar-refractivity contribution in [3.8, 4) is 5.69 Å². The van der Waals surface area contributed by atoms with Crippen LogP contribution >= 0.6 is 11.8 Å². The van der Waals surface area contributed by atoms with Gasteiger partial charge >= 0.3 is 0 Å². The van der Waals surface area contributed by atoms with Crippen molar-refractivity contribution < 1.29 is 14.7 Å². The number of nitrogens with zero attached hydrogens (tertiary/aromatic N) is 4. The summed E-state index contributed by atoms with van der Waals surface area (Å²) in [6.07, 6.45) is 0. The maximum absolute atomic E-state index is 11.1. The van der Waals surface area contributed by atoms with Crippen LogP contribution in [0.25, 0.3) is 5.69 Å². The van der Waals surface area contributed by atoms with E-state index >= 15 is 0 Å².